The van der Waals surface area contributed by atoms with Gasteiger partial charge < -0.3 is 14.4 Å². The lowest BCUT2D eigenvalue weighted by atomic mass is 10.1. The largest absolute Gasteiger partial charge is 0.390 e. The highest BCUT2D eigenvalue weighted by Crippen LogP contribution is 2.07. The Morgan fingerprint density at radius 2 is 2.29 bits per heavy atom. The molecule has 5 heteroatoms. The summed E-state index contributed by atoms with van der Waals surface area (Å²) in [6.07, 6.45) is 3.84. The van der Waals surface area contributed by atoms with Crippen LogP contribution >= 0.6 is 0 Å². The van der Waals surface area contributed by atoms with Crippen molar-refractivity contribution in [3.63, 3.8) is 0 Å². The van der Waals surface area contributed by atoms with E-state index >= 15 is 0 Å². The normalized spacial score (nSPS) is 11.9. The lowest BCUT2D eigenvalue weighted by Crippen LogP contribution is -2.22. The summed E-state index contributed by atoms with van der Waals surface area (Å²) < 4.78 is 10.4. The maximum absolute atomic E-state index is 8.96. The van der Waals surface area contributed by atoms with Crippen LogP contribution < -0.4 is 0 Å². The highest BCUT2D eigenvalue weighted by Gasteiger charge is 2.10. The van der Waals surface area contributed by atoms with Crippen LogP contribution in [0, 0.1) is 11.8 Å². The molecule has 0 saturated carbocycles. The van der Waals surface area contributed by atoms with Gasteiger partial charge in [0.1, 0.15) is 11.3 Å². The fourth-order valence-corrected chi connectivity index (χ4v) is 1.56. The second kappa shape index (κ2) is 8.63. The molecule has 0 unspecified atom stereocenters. The van der Waals surface area contributed by atoms with Gasteiger partial charge in [0.25, 0.3) is 0 Å². The van der Waals surface area contributed by atoms with Crippen molar-refractivity contribution in [2.45, 2.75) is 39.5 Å². The molecule has 0 amide bonds. The number of hydrogen-bond acceptors (Lipinski definition) is 5. The number of aliphatic hydroxyl groups is 1. The molecule has 0 fully saturated rings. The summed E-state index contributed by atoms with van der Waals surface area (Å²) in [4.78, 5) is 2.18. The second-order valence-corrected chi connectivity index (χ2v) is 5.16. The van der Waals surface area contributed by atoms with E-state index in [0.717, 1.165) is 18.8 Å². The molecule has 1 aromatic rings. The number of ether oxygens (including phenoxy) is 1. The van der Waals surface area contributed by atoms with Crippen LogP contribution in [0.2, 0.25) is 0 Å². The van der Waals surface area contributed by atoms with Crippen LogP contribution in [-0.4, -0.2) is 41.0 Å². The predicted molar refractivity (Wildman–Crippen MR) is 81.4 cm³/mol. The van der Waals surface area contributed by atoms with Crippen molar-refractivity contribution >= 4 is 0 Å². The summed E-state index contributed by atoms with van der Waals surface area (Å²) >= 11 is 0. The molecule has 5 nitrogen and oxygen atoms in total. The molecule has 0 spiro atoms. The lowest BCUT2D eigenvalue weighted by molar-refractivity contribution is 0.0742. The van der Waals surface area contributed by atoms with Crippen molar-refractivity contribution in [2.75, 3.05) is 20.2 Å². The molecule has 1 heterocycles. The van der Waals surface area contributed by atoms with Crippen LogP contribution in [0.4, 0.5) is 0 Å². The average molecular weight is 292 g/mol. The summed E-state index contributed by atoms with van der Waals surface area (Å²) in [6.45, 7) is 8.15. The summed E-state index contributed by atoms with van der Waals surface area (Å²) in [7, 11) is 1.65. The molecule has 0 aliphatic rings. The first-order chi connectivity index (χ1) is 10.0. The number of aliphatic hydroxyl groups excluding tert-OH is 1. The summed E-state index contributed by atoms with van der Waals surface area (Å²) in [5.41, 5.74) is 0.138. The van der Waals surface area contributed by atoms with Crippen molar-refractivity contribution in [1.82, 2.24) is 10.1 Å². The van der Waals surface area contributed by atoms with E-state index in [1.54, 1.807) is 13.2 Å². The second-order valence-electron chi connectivity index (χ2n) is 5.16. The van der Waals surface area contributed by atoms with E-state index in [1.807, 2.05) is 26.0 Å². The van der Waals surface area contributed by atoms with E-state index in [1.165, 1.54) is 0 Å². The number of methoxy groups -OCH3 is 1. The Bertz CT molecular complexity index is 509. The van der Waals surface area contributed by atoms with Crippen molar-refractivity contribution < 1.29 is 14.4 Å². The Kier molecular flexibility index (Phi) is 7.17. The van der Waals surface area contributed by atoms with Crippen LogP contribution in [0.15, 0.2) is 22.7 Å². The molecule has 1 N–H and O–H groups in total. The fraction of sp³-hybridized carbons (Fsp3) is 0.562. The smallest absolute Gasteiger partial charge is 0.151 e. The zero-order chi connectivity index (χ0) is 15.7. The van der Waals surface area contributed by atoms with E-state index < -0.39 is 5.60 Å². The molecule has 0 radical (unpaired) electrons. The Hall–Kier alpha value is -1.61. The first-order valence-corrected chi connectivity index (χ1v) is 7.01. The minimum Gasteiger partial charge on any atom is -0.390 e. The van der Waals surface area contributed by atoms with Gasteiger partial charge >= 0.3 is 0 Å². The van der Waals surface area contributed by atoms with Gasteiger partial charge in [-0.2, -0.15) is 0 Å². The minimum absolute atomic E-state index is 0.0968. The molecule has 0 aromatic carbocycles. The predicted octanol–water partition coefficient (Wildman–Crippen LogP) is 1.97. The molecule has 0 aliphatic carbocycles. The van der Waals surface area contributed by atoms with Gasteiger partial charge in [-0.3, -0.25) is 4.90 Å². The maximum Gasteiger partial charge on any atom is 0.151 e. The molecule has 0 atom stereocenters. The Morgan fingerprint density at radius 1 is 1.52 bits per heavy atom. The van der Waals surface area contributed by atoms with Gasteiger partial charge in [0, 0.05) is 19.7 Å². The monoisotopic (exact) mass is 292 g/mol. The first-order valence-electron chi connectivity index (χ1n) is 7.01. The third kappa shape index (κ3) is 6.58. The topological polar surface area (TPSA) is 58.7 Å². The molecule has 0 aliphatic heterocycles. The lowest BCUT2D eigenvalue weighted by Gasteiger charge is -2.16. The number of hydrogen-bond donors (Lipinski definition) is 1. The molecular formula is C16H24N2O3. The van der Waals surface area contributed by atoms with E-state index in [0.29, 0.717) is 12.2 Å². The maximum atomic E-state index is 8.96. The Morgan fingerprint density at radius 3 is 2.86 bits per heavy atom. The van der Waals surface area contributed by atoms with Crippen molar-refractivity contribution in [3.8, 4) is 11.8 Å². The molecule has 1 rings (SSSR count). The first kappa shape index (κ1) is 17.4. The van der Waals surface area contributed by atoms with Crippen molar-refractivity contribution in [1.29, 1.82) is 0 Å². The van der Waals surface area contributed by atoms with Gasteiger partial charge in [-0.15, -0.1) is 0 Å². The number of nitrogens with zero attached hydrogens (tertiary/aromatic N) is 2. The molecule has 0 saturated heterocycles. The average Bonchev–Trinajstić information content (AvgIpc) is 2.93. The Labute approximate surface area is 126 Å². The van der Waals surface area contributed by atoms with Crippen LogP contribution in [0.5, 0.6) is 0 Å². The van der Waals surface area contributed by atoms with Gasteiger partial charge in [-0.05, 0) is 26.5 Å². The van der Waals surface area contributed by atoms with Gasteiger partial charge in [0.15, 0.2) is 5.76 Å². The third-order valence-electron chi connectivity index (χ3n) is 3.04. The standard InChI is InChI=1S/C16H24N2O3/c1-5-18(12-15-11-14(13-19)17-21-15)10-8-6-7-9-16(2,3)20-4/h6,8,11,19H,5,10,12-13H2,1-4H3/b8-6+. The fourth-order valence-electron chi connectivity index (χ4n) is 1.56. The van der Waals surface area contributed by atoms with Gasteiger partial charge in [-0.25, -0.2) is 0 Å². The third-order valence-corrected chi connectivity index (χ3v) is 3.04. The highest BCUT2D eigenvalue weighted by atomic mass is 16.5. The summed E-state index contributed by atoms with van der Waals surface area (Å²) in [5, 5.41) is 12.7. The van der Waals surface area contributed by atoms with Crippen LogP contribution in [0.3, 0.4) is 0 Å². The van der Waals surface area contributed by atoms with Crippen molar-refractivity contribution in [2.24, 2.45) is 0 Å². The Balaban J connectivity index is 2.47. The van der Waals surface area contributed by atoms with Crippen LogP contribution in [0.1, 0.15) is 32.2 Å². The SMILES string of the molecule is CCN(C/C=C/C#CC(C)(C)OC)Cc1cc(CO)no1. The van der Waals surface area contributed by atoms with Crippen molar-refractivity contribution in [3.05, 3.63) is 29.7 Å². The molecular weight excluding hydrogens is 268 g/mol. The van der Waals surface area contributed by atoms with Gasteiger partial charge in [0.05, 0.1) is 13.2 Å². The molecule has 0 bridgehead atoms. The number of aromatic nitrogens is 1. The van der Waals surface area contributed by atoms with E-state index in [9.17, 15) is 0 Å². The zero-order valence-electron chi connectivity index (χ0n) is 13.2. The zero-order valence-corrected chi connectivity index (χ0v) is 13.2. The molecule has 21 heavy (non-hydrogen) atoms. The highest BCUT2D eigenvalue weighted by molar-refractivity contribution is 5.21. The summed E-state index contributed by atoms with van der Waals surface area (Å²) in [5.74, 6) is 6.76. The minimum atomic E-state index is -0.421. The number of likely N-dealkylation sites (N-methyl/N-ethyl adjacent to an activating group) is 1. The van der Waals surface area contributed by atoms with Gasteiger partial charge in [-0.1, -0.05) is 30.0 Å². The van der Waals surface area contributed by atoms with E-state index in [4.69, 9.17) is 14.4 Å². The van der Waals surface area contributed by atoms with Crippen LogP contribution in [-0.2, 0) is 17.9 Å². The van der Waals surface area contributed by atoms with Gasteiger partial charge in [0.2, 0.25) is 0 Å². The summed E-state index contributed by atoms with van der Waals surface area (Å²) in [6, 6.07) is 1.77. The quantitative estimate of drug-likeness (QED) is 0.779. The molecule has 1 aromatic heterocycles. The van der Waals surface area contributed by atoms with E-state index in [2.05, 4.69) is 28.8 Å². The molecule has 116 valence electrons. The van der Waals surface area contributed by atoms with Crippen LogP contribution in [0.25, 0.3) is 0 Å². The number of allylic oxidation sites excluding steroid dienone is 1. The number of rotatable bonds is 7. The van der Waals surface area contributed by atoms with E-state index in [-0.39, 0.29) is 6.61 Å².